The van der Waals surface area contributed by atoms with Crippen molar-refractivity contribution in [2.24, 2.45) is 0 Å². The van der Waals surface area contributed by atoms with Gasteiger partial charge >= 0.3 is 5.97 Å². The topological polar surface area (TPSA) is 66.8 Å². The summed E-state index contributed by atoms with van der Waals surface area (Å²) in [7, 11) is 0. The van der Waals surface area contributed by atoms with Crippen LogP contribution in [0.15, 0.2) is 42.5 Å². The summed E-state index contributed by atoms with van der Waals surface area (Å²) in [5, 5.41) is 10.5. The Hall–Kier alpha value is -2.82. The first kappa shape index (κ1) is 23.5. The number of ketones is 1. The van der Waals surface area contributed by atoms with Crippen LogP contribution >= 0.6 is 0 Å². The number of anilines is 1. The van der Waals surface area contributed by atoms with Crippen molar-refractivity contribution in [2.45, 2.75) is 52.9 Å². The lowest BCUT2D eigenvalue weighted by molar-refractivity contribution is 0.0495. The third kappa shape index (κ3) is 6.09. The lowest BCUT2D eigenvalue weighted by atomic mass is 9.97. The molecule has 0 saturated carbocycles. The van der Waals surface area contributed by atoms with E-state index in [1.807, 2.05) is 6.07 Å². The van der Waals surface area contributed by atoms with Crippen LogP contribution in [0.25, 0.3) is 0 Å². The van der Waals surface area contributed by atoms with Crippen molar-refractivity contribution in [3.8, 4) is 5.75 Å². The second kappa shape index (κ2) is 12.0. The number of phenolic OH excluding ortho intramolecular Hbond substituents is 1. The number of aromatic hydroxyl groups is 1. The Morgan fingerprint density at radius 3 is 2.27 bits per heavy atom. The maximum atomic E-state index is 13.1. The van der Waals surface area contributed by atoms with Gasteiger partial charge in [0.25, 0.3) is 0 Å². The molecule has 5 nitrogen and oxygen atoms in total. The molecular weight excluding hydrogens is 378 g/mol. The first-order valence-corrected chi connectivity index (χ1v) is 10.9. The van der Waals surface area contributed by atoms with E-state index in [2.05, 4.69) is 25.7 Å². The van der Waals surface area contributed by atoms with E-state index in [9.17, 15) is 14.7 Å². The molecule has 0 saturated heterocycles. The summed E-state index contributed by atoms with van der Waals surface area (Å²) in [6, 6.07) is 11.7. The molecule has 5 heteroatoms. The summed E-state index contributed by atoms with van der Waals surface area (Å²) < 4.78 is 5.36. The summed E-state index contributed by atoms with van der Waals surface area (Å²) in [5.74, 6) is -0.988. The van der Waals surface area contributed by atoms with Crippen molar-refractivity contribution >= 4 is 17.4 Å². The van der Waals surface area contributed by atoms with Crippen molar-refractivity contribution in [1.29, 1.82) is 0 Å². The van der Waals surface area contributed by atoms with Crippen LogP contribution in [0.4, 0.5) is 5.69 Å². The summed E-state index contributed by atoms with van der Waals surface area (Å²) >= 11 is 0. The van der Waals surface area contributed by atoms with Crippen molar-refractivity contribution in [2.75, 3.05) is 24.6 Å². The molecule has 2 aromatic carbocycles. The van der Waals surface area contributed by atoms with Gasteiger partial charge in [0, 0.05) is 30.4 Å². The second-order valence-corrected chi connectivity index (χ2v) is 7.35. The zero-order chi connectivity index (χ0) is 21.9. The Morgan fingerprint density at radius 1 is 0.900 bits per heavy atom. The number of hydrogen-bond acceptors (Lipinski definition) is 5. The van der Waals surface area contributed by atoms with Crippen LogP contribution in [0.2, 0.25) is 0 Å². The minimum absolute atomic E-state index is 0.0882. The predicted octanol–water partition coefficient (Wildman–Crippen LogP) is 5.60. The summed E-state index contributed by atoms with van der Waals surface area (Å²) in [6.45, 7) is 8.30. The minimum atomic E-state index is -0.508. The molecule has 0 aliphatic rings. The number of hydrogen-bond donors (Lipinski definition) is 1. The monoisotopic (exact) mass is 411 g/mol. The Bertz CT molecular complexity index is 847. The number of ether oxygens (including phenoxy) is 1. The fourth-order valence-electron chi connectivity index (χ4n) is 3.42. The molecule has 0 fully saturated rings. The Kier molecular flexibility index (Phi) is 9.39. The van der Waals surface area contributed by atoms with Gasteiger partial charge in [0.15, 0.2) is 5.78 Å². The molecule has 2 aromatic rings. The number of benzene rings is 2. The highest BCUT2D eigenvalue weighted by molar-refractivity contribution is 6.15. The van der Waals surface area contributed by atoms with Gasteiger partial charge in [0.05, 0.1) is 17.7 Å². The SMILES string of the molecule is CCCCCCOC(=O)c1ccccc1C(=O)c1ccc(N(CC)CCC)cc1O. The van der Waals surface area contributed by atoms with Crippen LogP contribution in [0.5, 0.6) is 5.75 Å². The van der Waals surface area contributed by atoms with E-state index in [1.54, 1.807) is 36.4 Å². The molecule has 0 amide bonds. The summed E-state index contributed by atoms with van der Waals surface area (Å²) in [6.07, 6.45) is 5.03. The van der Waals surface area contributed by atoms with Crippen LogP contribution in [0, 0.1) is 0 Å². The molecule has 0 bridgehead atoms. The summed E-state index contributed by atoms with van der Waals surface area (Å²) in [4.78, 5) is 27.8. The molecule has 0 aromatic heterocycles. The van der Waals surface area contributed by atoms with Crippen molar-refractivity contribution < 1.29 is 19.4 Å². The van der Waals surface area contributed by atoms with Gasteiger partial charge < -0.3 is 14.7 Å². The van der Waals surface area contributed by atoms with Gasteiger partial charge in [-0.05, 0) is 38.0 Å². The third-order valence-electron chi connectivity index (χ3n) is 5.09. The third-order valence-corrected chi connectivity index (χ3v) is 5.09. The highest BCUT2D eigenvalue weighted by atomic mass is 16.5. The van der Waals surface area contributed by atoms with Crippen LogP contribution in [-0.4, -0.2) is 36.6 Å². The average Bonchev–Trinajstić information content (AvgIpc) is 2.76. The average molecular weight is 412 g/mol. The first-order valence-electron chi connectivity index (χ1n) is 10.9. The highest BCUT2D eigenvalue weighted by Crippen LogP contribution is 2.28. The molecule has 0 atom stereocenters. The maximum absolute atomic E-state index is 13.1. The van der Waals surface area contributed by atoms with E-state index in [4.69, 9.17) is 4.74 Å². The van der Waals surface area contributed by atoms with E-state index >= 15 is 0 Å². The molecular formula is C25H33NO4. The maximum Gasteiger partial charge on any atom is 0.338 e. The second-order valence-electron chi connectivity index (χ2n) is 7.35. The molecule has 0 aliphatic heterocycles. The number of unbranched alkanes of at least 4 members (excludes halogenated alkanes) is 3. The molecule has 0 spiro atoms. The lowest BCUT2D eigenvalue weighted by Crippen LogP contribution is -2.23. The number of carbonyl (C=O) groups is 2. The molecule has 1 N–H and O–H groups in total. The molecule has 30 heavy (non-hydrogen) atoms. The van der Waals surface area contributed by atoms with Gasteiger partial charge in [-0.2, -0.15) is 0 Å². The fourth-order valence-corrected chi connectivity index (χ4v) is 3.42. The number of phenols is 1. The van der Waals surface area contributed by atoms with Gasteiger partial charge in [-0.3, -0.25) is 4.79 Å². The first-order chi connectivity index (χ1) is 14.5. The highest BCUT2D eigenvalue weighted by Gasteiger charge is 2.21. The van der Waals surface area contributed by atoms with Gasteiger partial charge in [0.2, 0.25) is 0 Å². The number of rotatable bonds is 12. The van der Waals surface area contributed by atoms with Crippen molar-refractivity contribution in [3.05, 3.63) is 59.2 Å². The number of carbonyl (C=O) groups excluding carboxylic acids is 2. The standard InChI is InChI=1S/C25H33NO4/c1-4-7-8-11-17-30-25(29)21-13-10-9-12-20(21)24(28)22-15-14-19(18-23(22)27)26(6-3)16-5-2/h9-10,12-15,18,27H,4-8,11,16-17H2,1-3H3. The predicted molar refractivity (Wildman–Crippen MR) is 121 cm³/mol. The molecule has 0 aliphatic carbocycles. The van der Waals surface area contributed by atoms with E-state index in [1.165, 1.54) is 0 Å². The Labute approximate surface area is 179 Å². The van der Waals surface area contributed by atoms with Gasteiger partial charge in [-0.15, -0.1) is 0 Å². The van der Waals surface area contributed by atoms with Crippen LogP contribution in [0.3, 0.4) is 0 Å². The zero-order valence-electron chi connectivity index (χ0n) is 18.3. The zero-order valence-corrected chi connectivity index (χ0v) is 18.3. The quantitative estimate of drug-likeness (QED) is 0.280. The smallest absolute Gasteiger partial charge is 0.338 e. The number of esters is 1. The molecule has 0 heterocycles. The Morgan fingerprint density at radius 2 is 1.63 bits per heavy atom. The fraction of sp³-hybridized carbons (Fsp3) is 0.440. The van der Waals surface area contributed by atoms with Crippen LogP contribution in [-0.2, 0) is 4.74 Å². The lowest BCUT2D eigenvalue weighted by Gasteiger charge is -2.23. The van der Waals surface area contributed by atoms with Gasteiger partial charge in [0.1, 0.15) is 5.75 Å². The van der Waals surface area contributed by atoms with E-state index in [-0.39, 0.29) is 22.4 Å². The van der Waals surface area contributed by atoms with Crippen molar-refractivity contribution in [3.63, 3.8) is 0 Å². The van der Waals surface area contributed by atoms with E-state index < -0.39 is 11.8 Å². The van der Waals surface area contributed by atoms with Gasteiger partial charge in [-0.1, -0.05) is 51.3 Å². The largest absolute Gasteiger partial charge is 0.507 e. The van der Waals surface area contributed by atoms with Crippen LogP contribution in [0.1, 0.15) is 79.2 Å². The van der Waals surface area contributed by atoms with E-state index in [0.29, 0.717) is 6.61 Å². The summed E-state index contributed by atoms with van der Waals surface area (Å²) in [5.41, 5.74) is 1.50. The molecule has 0 unspecified atom stereocenters. The van der Waals surface area contributed by atoms with Crippen LogP contribution < -0.4 is 4.90 Å². The van der Waals surface area contributed by atoms with Crippen molar-refractivity contribution in [1.82, 2.24) is 0 Å². The minimum Gasteiger partial charge on any atom is -0.507 e. The number of nitrogens with zero attached hydrogens (tertiary/aromatic N) is 1. The van der Waals surface area contributed by atoms with E-state index in [0.717, 1.165) is 50.9 Å². The van der Waals surface area contributed by atoms with Gasteiger partial charge in [-0.25, -0.2) is 4.79 Å². The molecule has 162 valence electrons. The molecule has 0 radical (unpaired) electrons. The molecule has 2 rings (SSSR count). The normalized spacial score (nSPS) is 10.6. The Balaban J connectivity index is 2.20.